The Kier molecular flexibility index (Phi) is 7.03. The highest BCUT2D eigenvalue weighted by Gasteiger charge is 2.20. The van der Waals surface area contributed by atoms with E-state index in [2.05, 4.69) is 26.5 Å². The molecular formula is C17H20BrN3O5S. The number of rotatable bonds is 8. The van der Waals surface area contributed by atoms with Gasteiger partial charge in [0.1, 0.15) is 23.8 Å². The van der Waals surface area contributed by atoms with E-state index in [1.807, 2.05) is 6.92 Å². The van der Waals surface area contributed by atoms with Crippen molar-refractivity contribution >= 4 is 43.8 Å². The lowest BCUT2D eigenvalue weighted by Gasteiger charge is -2.21. The minimum Gasteiger partial charge on any atom is -0.494 e. The van der Waals surface area contributed by atoms with Crippen LogP contribution in [0.1, 0.15) is 18.4 Å². The Balaban J connectivity index is 2.06. The molecule has 1 heterocycles. The van der Waals surface area contributed by atoms with E-state index in [1.165, 1.54) is 6.21 Å². The first-order chi connectivity index (χ1) is 12.7. The van der Waals surface area contributed by atoms with Gasteiger partial charge >= 0.3 is 0 Å². The highest BCUT2D eigenvalue weighted by Crippen LogP contribution is 2.21. The van der Waals surface area contributed by atoms with Crippen molar-refractivity contribution in [1.29, 1.82) is 0 Å². The molecule has 0 bridgehead atoms. The SMILES string of the molecule is CCOc1ccc(N(CC(=O)N/N=C/c2cc(Br)c(C)o2)S(C)(=O)=O)cc1. The minimum atomic E-state index is -3.66. The number of aryl methyl sites for hydroxylation is 1. The lowest BCUT2D eigenvalue weighted by molar-refractivity contribution is -0.119. The van der Waals surface area contributed by atoms with Crippen LogP contribution in [0.25, 0.3) is 0 Å². The molecule has 8 nitrogen and oxygen atoms in total. The number of nitrogens with one attached hydrogen (secondary N) is 1. The summed E-state index contributed by atoms with van der Waals surface area (Å²) >= 11 is 3.31. The summed E-state index contributed by atoms with van der Waals surface area (Å²) in [7, 11) is -3.66. The van der Waals surface area contributed by atoms with Crippen molar-refractivity contribution in [2.75, 3.05) is 23.7 Å². The maximum Gasteiger partial charge on any atom is 0.260 e. The molecule has 2 rings (SSSR count). The molecule has 0 radical (unpaired) electrons. The number of hydrazone groups is 1. The molecule has 0 spiro atoms. The van der Waals surface area contributed by atoms with Crippen molar-refractivity contribution in [3.63, 3.8) is 0 Å². The monoisotopic (exact) mass is 457 g/mol. The predicted octanol–water partition coefficient (Wildman–Crippen LogP) is 2.67. The van der Waals surface area contributed by atoms with Gasteiger partial charge in [0.15, 0.2) is 0 Å². The third-order valence-corrected chi connectivity index (χ3v) is 5.31. The highest BCUT2D eigenvalue weighted by atomic mass is 79.9. The fraction of sp³-hybridized carbons (Fsp3) is 0.294. The first-order valence-electron chi connectivity index (χ1n) is 7.99. The molecule has 0 saturated carbocycles. The summed E-state index contributed by atoms with van der Waals surface area (Å²) in [5.74, 6) is 1.16. The molecule has 1 amide bonds. The zero-order chi connectivity index (χ0) is 20.0. The lowest BCUT2D eigenvalue weighted by Crippen LogP contribution is -2.39. The molecule has 1 aromatic heterocycles. The molecule has 2 aromatic rings. The Hall–Kier alpha value is -2.33. The first kappa shape index (κ1) is 21.0. The highest BCUT2D eigenvalue weighted by molar-refractivity contribution is 9.10. The molecule has 0 saturated heterocycles. The number of anilines is 1. The minimum absolute atomic E-state index is 0.352. The van der Waals surface area contributed by atoms with E-state index in [1.54, 1.807) is 37.3 Å². The number of amides is 1. The van der Waals surface area contributed by atoms with E-state index < -0.39 is 22.5 Å². The molecule has 146 valence electrons. The molecular weight excluding hydrogens is 438 g/mol. The second-order valence-electron chi connectivity index (χ2n) is 5.54. The van der Waals surface area contributed by atoms with E-state index >= 15 is 0 Å². The van der Waals surface area contributed by atoms with E-state index in [9.17, 15) is 13.2 Å². The predicted molar refractivity (Wildman–Crippen MR) is 107 cm³/mol. The second kappa shape index (κ2) is 9.05. The Morgan fingerprint density at radius 3 is 2.56 bits per heavy atom. The molecule has 27 heavy (non-hydrogen) atoms. The molecule has 0 aliphatic rings. The largest absolute Gasteiger partial charge is 0.494 e. The molecule has 1 aromatic carbocycles. The third-order valence-electron chi connectivity index (χ3n) is 3.38. The molecule has 0 unspecified atom stereocenters. The quantitative estimate of drug-likeness (QED) is 0.484. The summed E-state index contributed by atoms with van der Waals surface area (Å²) in [6, 6.07) is 8.14. The molecule has 0 aliphatic carbocycles. The lowest BCUT2D eigenvalue weighted by atomic mass is 10.3. The molecule has 1 N–H and O–H groups in total. The molecule has 0 atom stereocenters. The van der Waals surface area contributed by atoms with Crippen LogP contribution in [0.2, 0.25) is 0 Å². The van der Waals surface area contributed by atoms with Gasteiger partial charge < -0.3 is 9.15 Å². The van der Waals surface area contributed by atoms with Gasteiger partial charge in [-0.05, 0) is 54.0 Å². The van der Waals surface area contributed by atoms with Crippen molar-refractivity contribution in [2.45, 2.75) is 13.8 Å². The summed E-state index contributed by atoms with van der Waals surface area (Å²) in [4.78, 5) is 12.1. The average Bonchev–Trinajstić information content (AvgIpc) is 2.91. The van der Waals surface area contributed by atoms with Crippen molar-refractivity contribution in [2.24, 2.45) is 5.10 Å². The zero-order valence-corrected chi connectivity index (χ0v) is 17.5. The summed E-state index contributed by atoms with van der Waals surface area (Å²) in [5, 5.41) is 3.78. The number of furan rings is 1. The fourth-order valence-electron chi connectivity index (χ4n) is 2.15. The van der Waals surface area contributed by atoms with Crippen molar-refractivity contribution in [3.05, 3.63) is 46.3 Å². The number of hydrogen-bond donors (Lipinski definition) is 1. The molecule has 10 heteroatoms. The summed E-state index contributed by atoms with van der Waals surface area (Å²) in [5.41, 5.74) is 2.64. The van der Waals surface area contributed by atoms with Crippen LogP contribution >= 0.6 is 15.9 Å². The second-order valence-corrected chi connectivity index (χ2v) is 8.30. The van der Waals surface area contributed by atoms with Gasteiger partial charge in [-0.25, -0.2) is 13.8 Å². The van der Waals surface area contributed by atoms with Gasteiger partial charge in [0.05, 0.1) is 29.2 Å². The number of carbonyl (C=O) groups excluding carboxylic acids is 1. The van der Waals surface area contributed by atoms with Crippen LogP contribution < -0.4 is 14.5 Å². The van der Waals surface area contributed by atoms with Gasteiger partial charge in [-0.15, -0.1) is 0 Å². The summed E-state index contributed by atoms with van der Waals surface area (Å²) < 4.78 is 36.6. The maximum absolute atomic E-state index is 12.1. The molecule has 0 fully saturated rings. The average molecular weight is 458 g/mol. The van der Waals surface area contributed by atoms with Crippen LogP contribution in [-0.4, -0.2) is 39.9 Å². The van der Waals surface area contributed by atoms with Crippen molar-refractivity contribution < 1.29 is 22.4 Å². The van der Waals surface area contributed by atoms with Crippen LogP contribution in [0, 0.1) is 6.92 Å². The van der Waals surface area contributed by atoms with Gasteiger partial charge in [-0.3, -0.25) is 9.10 Å². The van der Waals surface area contributed by atoms with Crippen LogP contribution in [0.15, 0.2) is 44.3 Å². The number of ether oxygens (including phenoxy) is 1. The van der Waals surface area contributed by atoms with Gasteiger partial charge in [0.25, 0.3) is 5.91 Å². The topological polar surface area (TPSA) is 101 Å². The van der Waals surface area contributed by atoms with Crippen LogP contribution in [0.5, 0.6) is 5.75 Å². The fourth-order valence-corrected chi connectivity index (χ4v) is 3.32. The van der Waals surface area contributed by atoms with Crippen LogP contribution in [-0.2, 0) is 14.8 Å². The Labute approximate surface area is 166 Å². The third kappa shape index (κ3) is 6.10. The summed E-state index contributed by atoms with van der Waals surface area (Å²) in [6.45, 7) is 3.72. The Morgan fingerprint density at radius 2 is 2.04 bits per heavy atom. The van der Waals surface area contributed by atoms with Gasteiger partial charge in [-0.1, -0.05) is 0 Å². The maximum atomic E-state index is 12.1. The Morgan fingerprint density at radius 1 is 1.37 bits per heavy atom. The van der Waals surface area contributed by atoms with Gasteiger partial charge in [0, 0.05) is 6.07 Å². The van der Waals surface area contributed by atoms with E-state index in [4.69, 9.17) is 9.15 Å². The number of halogens is 1. The zero-order valence-electron chi connectivity index (χ0n) is 15.1. The van der Waals surface area contributed by atoms with E-state index in [-0.39, 0.29) is 0 Å². The van der Waals surface area contributed by atoms with Gasteiger partial charge in [0.2, 0.25) is 10.0 Å². The van der Waals surface area contributed by atoms with E-state index in [0.717, 1.165) is 15.0 Å². The number of carbonyl (C=O) groups is 1. The molecule has 0 aliphatic heterocycles. The summed E-state index contributed by atoms with van der Waals surface area (Å²) in [6.07, 6.45) is 2.36. The van der Waals surface area contributed by atoms with Crippen LogP contribution in [0.3, 0.4) is 0 Å². The number of benzene rings is 1. The van der Waals surface area contributed by atoms with Crippen LogP contribution in [0.4, 0.5) is 5.69 Å². The first-order valence-corrected chi connectivity index (χ1v) is 10.6. The smallest absolute Gasteiger partial charge is 0.260 e. The van der Waals surface area contributed by atoms with E-state index in [0.29, 0.717) is 29.6 Å². The normalized spacial score (nSPS) is 11.6. The van der Waals surface area contributed by atoms with Crippen molar-refractivity contribution in [3.8, 4) is 5.75 Å². The Bertz CT molecular complexity index is 903. The standard InChI is InChI=1S/C17H20BrN3O5S/c1-4-25-14-7-5-13(6-8-14)21(27(3,23)24)11-17(22)20-19-10-15-9-16(18)12(2)26-15/h5-10H,4,11H2,1-3H3,(H,20,22)/b19-10+. The number of hydrogen-bond acceptors (Lipinski definition) is 6. The van der Waals surface area contributed by atoms with Gasteiger partial charge in [-0.2, -0.15) is 5.10 Å². The number of sulfonamides is 1. The van der Waals surface area contributed by atoms with Crippen molar-refractivity contribution in [1.82, 2.24) is 5.43 Å². The number of nitrogens with zero attached hydrogens (tertiary/aromatic N) is 2.